The van der Waals surface area contributed by atoms with Crippen LogP contribution in [-0.4, -0.2) is 12.5 Å². The van der Waals surface area contributed by atoms with E-state index in [4.69, 9.17) is 11.2 Å². The van der Waals surface area contributed by atoms with Crippen LogP contribution in [0.5, 0.6) is 5.75 Å². The maximum Gasteiger partial charge on any atom is 0.255 e. The summed E-state index contributed by atoms with van der Waals surface area (Å²) in [6.45, 7) is 0.204. The highest BCUT2D eigenvalue weighted by Gasteiger charge is 2.10. The third kappa shape index (κ3) is 4.07. The fourth-order valence-corrected chi connectivity index (χ4v) is 2.48. The van der Waals surface area contributed by atoms with Crippen LogP contribution in [0.4, 0.5) is 5.69 Å². The van der Waals surface area contributed by atoms with E-state index in [-0.39, 0.29) is 12.5 Å². The molecule has 0 radical (unpaired) electrons. The number of terminal acetylenes is 1. The van der Waals surface area contributed by atoms with Gasteiger partial charge in [0.1, 0.15) is 12.4 Å². The van der Waals surface area contributed by atoms with Crippen molar-refractivity contribution in [3.05, 3.63) is 84.4 Å². The Labute approximate surface area is 147 Å². The fraction of sp³-hybridized carbons (Fsp3) is 0.0455. The van der Waals surface area contributed by atoms with Crippen LogP contribution in [0.1, 0.15) is 10.4 Å². The van der Waals surface area contributed by atoms with Gasteiger partial charge in [-0.3, -0.25) is 4.79 Å². The van der Waals surface area contributed by atoms with Crippen molar-refractivity contribution >= 4 is 11.6 Å². The number of para-hydroxylation sites is 1. The molecular weight excluding hydrogens is 310 g/mol. The highest BCUT2D eigenvalue weighted by atomic mass is 16.5. The third-order valence-electron chi connectivity index (χ3n) is 3.70. The molecule has 0 saturated heterocycles. The lowest BCUT2D eigenvalue weighted by Crippen LogP contribution is -2.12. The molecule has 0 bridgehead atoms. The van der Waals surface area contributed by atoms with Crippen LogP contribution in [0.15, 0.2) is 78.9 Å². The van der Waals surface area contributed by atoms with E-state index >= 15 is 0 Å². The second-order valence-electron chi connectivity index (χ2n) is 5.38. The number of benzene rings is 3. The molecule has 0 aromatic heterocycles. The summed E-state index contributed by atoms with van der Waals surface area (Å²) >= 11 is 0. The van der Waals surface area contributed by atoms with E-state index in [2.05, 4.69) is 11.2 Å². The Balaban J connectivity index is 1.79. The molecule has 0 heterocycles. The summed E-state index contributed by atoms with van der Waals surface area (Å²) in [6, 6.07) is 24.6. The first-order valence-electron chi connectivity index (χ1n) is 7.90. The summed E-state index contributed by atoms with van der Waals surface area (Å²) in [5.41, 5.74) is 3.35. The largest absolute Gasteiger partial charge is 0.481 e. The molecule has 122 valence electrons. The van der Waals surface area contributed by atoms with E-state index < -0.39 is 0 Å². The third-order valence-corrected chi connectivity index (χ3v) is 3.70. The maximum atomic E-state index is 12.5. The topological polar surface area (TPSA) is 38.3 Å². The van der Waals surface area contributed by atoms with Gasteiger partial charge in [0.15, 0.2) is 0 Å². The molecule has 3 rings (SSSR count). The summed E-state index contributed by atoms with van der Waals surface area (Å²) in [7, 11) is 0. The maximum absolute atomic E-state index is 12.5. The predicted molar refractivity (Wildman–Crippen MR) is 101 cm³/mol. The van der Waals surface area contributed by atoms with Gasteiger partial charge in [-0.15, -0.1) is 6.42 Å². The van der Waals surface area contributed by atoms with Gasteiger partial charge in [-0.1, -0.05) is 54.5 Å². The number of anilines is 1. The van der Waals surface area contributed by atoms with Crippen molar-refractivity contribution in [2.24, 2.45) is 0 Å². The number of rotatable bonds is 5. The van der Waals surface area contributed by atoms with Gasteiger partial charge in [-0.05, 0) is 35.9 Å². The van der Waals surface area contributed by atoms with Gasteiger partial charge in [-0.25, -0.2) is 0 Å². The summed E-state index contributed by atoms with van der Waals surface area (Å²) in [6.07, 6.45) is 5.16. The molecule has 0 saturated carbocycles. The molecule has 0 atom stereocenters. The molecular formula is C22H17NO2. The van der Waals surface area contributed by atoms with Crippen molar-refractivity contribution in [1.82, 2.24) is 0 Å². The van der Waals surface area contributed by atoms with Crippen LogP contribution < -0.4 is 10.1 Å². The second kappa shape index (κ2) is 7.85. The molecule has 0 aliphatic carbocycles. The Morgan fingerprint density at radius 2 is 1.60 bits per heavy atom. The first-order valence-corrected chi connectivity index (χ1v) is 7.90. The smallest absolute Gasteiger partial charge is 0.255 e. The molecule has 3 heteroatoms. The van der Waals surface area contributed by atoms with Crippen LogP contribution in [0.2, 0.25) is 0 Å². The van der Waals surface area contributed by atoms with Crippen molar-refractivity contribution in [2.75, 3.05) is 11.9 Å². The van der Waals surface area contributed by atoms with E-state index in [1.165, 1.54) is 0 Å². The van der Waals surface area contributed by atoms with Gasteiger partial charge >= 0.3 is 0 Å². The molecule has 3 aromatic carbocycles. The zero-order chi connectivity index (χ0) is 17.5. The zero-order valence-corrected chi connectivity index (χ0v) is 13.6. The molecule has 0 fully saturated rings. The Hall–Kier alpha value is -3.51. The van der Waals surface area contributed by atoms with Gasteiger partial charge in [0.05, 0.1) is 0 Å². The molecule has 1 amide bonds. The van der Waals surface area contributed by atoms with Gasteiger partial charge in [0.25, 0.3) is 5.91 Å². The summed E-state index contributed by atoms with van der Waals surface area (Å²) in [5, 5.41) is 2.98. The highest BCUT2D eigenvalue weighted by molar-refractivity contribution is 6.06. The fourth-order valence-electron chi connectivity index (χ4n) is 2.48. The Bertz CT molecular complexity index is 893. The van der Waals surface area contributed by atoms with Crippen LogP contribution in [0.3, 0.4) is 0 Å². The molecule has 0 aliphatic rings. The van der Waals surface area contributed by atoms with E-state index in [1.54, 1.807) is 24.3 Å². The first-order chi connectivity index (χ1) is 12.3. The van der Waals surface area contributed by atoms with E-state index in [0.29, 0.717) is 11.3 Å². The summed E-state index contributed by atoms with van der Waals surface area (Å²) < 4.78 is 5.32. The van der Waals surface area contributed by atoms with E-state index in [0.717, 1.165) is 16.8 Å². The van der Waals surface area contributed by atoms with Gasteiger partial charge < -0.3 is 10.1 Å². The molecule has 1 N–H and O–H groups in total. The molecule has 3 nitrogen and oxygen atoms in total. The van der Waals surface area contributed by atoms with Crippen molar-refractivity contribution in [3.63, 3.8) is 0 Å². The molecule has 3 aromatic rings. The van der Waals surface area contributed by atoms with Crippen molar-refractivity contribution in [3.8, 4) is 29.2 Å². The lowest BCUT2D eigenvalue weighted by atomic mass is 10.0. The Morgan fingerprint density at radius 1 is 0.920 bits per heavy atom. The Morgan fingerprint density at radius 3 is 2.32 bits per heavy atom. The average Bonchev–Trinajstić information content (AvgIpc) is 2.68. The van der Waals surface area contributed by atoms with Gasteiger partial charge in [0.2, 0.25) is 0 Å². The van der Waals surface area contributed by atoms with Crippen LogP contribution in [-0.2, 0) is 0 Å². The quantitative estimate of drug-likeness (QED) is 0.695. The SMILES string of the molecule is C#CCOc1ccc(C(=O)Nc2ccccc2-c2ccccc2)cc1. The molecule has 0 aliphatic heterocycles. The lowest BCUT2D eigenvalue weighted by Gasteiger charge is -2.11. The number of hydrogen-bond donors (Lipinski definition) is 1. The highest BCUT2D eigenvalue weighted by Crippen LogP contribution is 2.28. The number of hydrogen-bond acceptors (Lipinski definition) is 2. The summed E-state index contributed by atoms with van der Waals surface area (Å²) in [5.74, 6) is 2.87. The average molecular weight is 327 g/mol. The molecule has 25 heavy (non-hydrogen) atoms. The molecule has 0 spiro atoms. The minimum absolute atomic E-state index is 0.174. The van der Waals surface area contributed by atoms with Crippen LogP contribution in [0.25, 0.3) is 11.1 Å². The van der Waals surface area contributed by atoms with Crippen LogP contribution >= 0.6 is 0 Å². The first kappa shape index (κ1) is 16.4. The zero-order valence-electron chi connectivity index (χ0n) is 13.6. The summed E-state index contributed by atoms with van der Waals surface area (Å²) in [4.78, 5) is 12.5. The van der Waals surface area contributed by atoms with E-state index in [9.17, 15) is 4.79 Å². The lowest BCUT2D eigenvalue weighted by molar-refractivity contribution is 0.102. The Kier molecular flexibility index (Phi) is 5.13. The normalized spacial score (nSPS) is 9.88. The second-order valence-corrected chi connectivity index (χ2v) is 5.38. The van der Waals surface area contributed by atoms with Crippen molar-refractivity contribution < 1.29 is 9.53 Å². The van der Waals surface area contributed by atoms with Gasteiger partial charge in [0, 0.05) is 16.8 Å². The monoisotopic (exact) mass is 327 g/mol. The minimum atomic E-state index is -0.174. The number of ether oxygens (including phenoxy) is 1. The van der Waals surface area contributed by atoms with Crippen molar-refractivity contribution in [2.45, 2.75) is 0 Å². The predicted octanol–water partition coefficient (Wildman–Crippen LogP) is 4.62. The standard InChI is InChI=1S/C22H17NO2/c1-2-16-25-19-14-12-18(13-15-19)22(24)23-21-11-7-6-10-20(21)17-8-4-3-5-9-17/h1,3-15H,16H2,(H,23,24). The van der Waals surface area contributed by atoms with E-state index in [1.807, 2.05) is 54.6 Å². The number of carbonyl (C=O) groups is 1. The molecule has 0 unspecified atom stereocenters. The van der Waals surface area contributed by atoms with Crippen molar-refractivity contribution in [1.29, 1.82) is 0 Å². The van der Waals surface area contributed by atoms with Gasteiger partial charge in [-0.2, -0.15) is 0 Å². The number of carbonyl (C=O) groups excluding carboxylic acids is 1. The number of nitrogens with one attached hydrogen (secondary N) is 1. The van der Waals surface area contributed by atoms with Crippen LogP contribution in [0, 0.1) is 12.3 Å². The minimum Gasteiger partial charge on any atom is -0.481 e. The number of amides is 1.